The molecule has 2 N–H and O–H groups in total. The average Bonchev–Trinajstić information content (AvgIpc) is 2.90. The molecule has 1 aromatic rings. The summed E-state index contributed by atoms with van der Waals surface area (Å²) in [5, 5.41) is 5.67. The van der Waals surface area contributed by atoms with E-state index in [9.17, 15) is 4.79 Å². The summed E-state index contributed by atoms with van der Waals surface area (Å²) in [5.41, 5.74) is 2.05. The van der Waals surface area contributed by atoms with Gasteiger partial charge in [0.15, 0.2) is 0 Å². The zero-order chi connectivity index (χ0) is 12.8. The summed E-state index contributed by atoms with van der Waals surface area (Å²) in [7, 11) is 0. The Labute approximate surface area is 108 Å². The highest BCUT2D eigenvalue weighted by Crippen LogP contribution is 2.23. The molecule has 0 spiro atoms. The number of hydrogen-bond acceptors (Lipinski definition) is 2. The summed E-state index contributed by atoms with van der Waals surface area (Å²) in [6.07, 6.45) is 3.46. The summed E-state index contributed by atoms with van der Waals surface area (Å²) < 4.78 is 0. The van der Waals surface area contributed by atoms with Crippen molar-refractivity contribution in [2.24, 2.45) is 0 Å². The van der Waals surface area contributed by atoms with E-state index < -0.39 is 0 Å². The zero-order valence-corrected chi connectivity index (χ0v) is 10.9. The van der Waals surface area contributed by atoms with Crippen molar-refractivity contribution < 1.29 is 4.79 Å². The van der Waals surface area contributed by atoms with Crippen LogP contribution in [0.1, 0.15) is 26.2 Å². The van der Waals surface area contributed by atoms with E-state index in [1.807, 2.05) is 25.1 Å². The van der Waals surface area contributed by atoms with E-state index in [1.165, 1.54) is 18.5 Å². The minimum absolute atomic E-state index is 0.129. The fraction of sp³-hybridized carbons (Fsp3) is 0.500. The summed E-state index contributed by atoms with van der Waals surface area (Å²) >= 11 is 0. The van der Waals surface area contributed by atoms with Gasteiger partial charge in [-0.3, -0.25) is 0 Å². The van der Waals surface area contributed by atoms with Crippen LogP contribution in [0.2, 0.25) is 0 Å². The number of hydrogen-bond donors (Lipinski definition) is 2. The molecule has 2 amide bonds. The van der Waals surface area contributed by atoms with Gasteiger partial charge in [-0.05, 0) is 37.5 Å². The quantitative estimate of drug-likeness (QED) is 0.859. The van der Waals surface area contributed by atoms with Crippen LogP contribution in [0, 0.1) is 0 Å². The van der Waals surface area contributed by atoms with Crippen molar-refractivity contribution in [3.05, 3.63) is 24.3 Å². The predicted molar refractivity (Wildman–Crippen MR) is 75.2 cm³/mol. The maximum atomic E-state index is 11.6. The Bertz CT molecular complexity index is 400. The maximum Gasteiger partial charge on any atom is 0.319 e. The molecule has 1 fully saturated rings. The van der Waals surface area contributed by atoms with E-state index in [1.54, 1.807) is 0 Å². The average molecular weight is 247 g/mol. The molecule has 4 nitrogen and oxygen atoms in total. The van der Waals surface area contributed by atoms with Crippen molar-refractivity contribution in [2.45, 2.75) is 26.2 Å². The molecule has 98 valence electrons. The Balaban J connectivity index is 1.96. The van der Waals surface area contributed by atoms with Crippen LogP contribution in [0.3, 0.4) is 0 Å². The monoisotopic (exact) mass is 247 g/mol. The van der Waals surface area contributed by atoms with Gasteiger partial charge in [-0.2, -0.15) is 0 Å². The van der Waals surface area contributed by atoms with E-state index in [4.69, 9.17) is 0 Å². The van der Waals surface area contributed by atoms with Crippen LogP contribution < -0.4 is 15.5 Å². The van der Waals surface area contributed by atoms with Crippen LogP contribution in [-0.4, -0.2) is 25.7 Å². The largest absolute Gasteiger partial charge is 0.371 e. The summed E-state index contributed by atoms with van der Waals surface area (Å²) in [4.78, 5) is 13.9. The van der Waals surface area contributed by atoms with Gasteiger partial charge in [-0.25, -0.2) is 4.79 Å². The molecule has 0 atom stereocenters. The molecular weight excluding hydrogens is 226 g/mol. The third kappa shape index (κ3) is 3.39. The van der Waals surface area contributed by atoms with Crippen molar-refractivity contribution in [3.63, 3.8) is 0 Å². The number of carbonyl (C=O) groups is 1. The highest BCUT2D eigenvalue weighted by molar-refractivity contribution is 5.89. The number of rotatable bonds is 4. The summed E-state index contributed by atoms with van der Waals surface area (Å²) in [6, 6.07) is 7.92. The van der Waals surface area contributed by atoms with Crippen LogP contribution in [0.25, 0.3) is 0 Å². The van der Waals surface area contributed by atoms with Gasteiger partial charge in [0.25, 0.3) is 0 Å². The summed E-state index contributed by atoms with van der Waals surface area (Å²) in [5.74, 6) is 0. The Hall–Kier alpha value is -1.71. The lowest BCUT2D eigenvalue weighted by Crippen LogP contribution is -2.29. The third-order valence-electron chi connectivity index (χ3n) is 3.11. The molecule has 1 aromatic carbocycles. The Morgan fingerprint density at radius 2 is 2.11 bits per heavy atom. The second-order valence-corrected chi connectivity index (χ2v) is 4.63. The first-order valence-electron chi connectivity index (χ1n) is 6.69. The Morgan fingerprint density at radius 1 is 1.33 bits per heavy atom. The predicted octanol–water partition coefficient (Wildman–Crippen LogP) is 2.82. The van der Waals surface area contributed by atoms with Gasteiger partial charge in [0.1, 0.15) is 0 Å². The smallest absolute Gasteiger partial charge is 0.319 e. The van der Waals surface area contributed by atoms with Crippen LogP contribution >= 0.6 is 0 Å². The molecule has 18 heavy (non-hydrogen) atoms. The highest BCUT2D eigenvalue weighted by Gasteiger charge is 2.12. The standard InChI is InChI=1S/C14H21N3O/c1-2-8-15-14(18)16-12-6-5-7-13(11-12)17-9-3-4-10-17/h5-7,11H,2-4,8-10H2,1H3,(H2,15,16,18). The molecule has 0 saturated carbocycles. The highest BCUT2D eigenvalue weighted by atomic mass is 16.2. The lowest BCUT2D eigenvalue weighted by molar-refractivity contribution is 0.252. The van der Waals surface area contributed by atoms with Crippen molar-refractivity contribution >= 4 is 17.4 Å². The molecule has 0 aliphatic carbocycles. The number of anilines is 2. The number of amides is 2. The van der Waals surface area contributed by atoms with E-state index in [2.05, 4.69) is 21.6 Å². The van der Waals surface area contributed by atoms with Crippen LogP contribution in [0.15, 0.2) is 24.3 Å². The zero-order valence-electron chi connectivity index (χ0n) is 10.9. The molecule has 1 heterocycles. The Kier molecular flexibility index (Phi) is 4.45. The van der Waals surface area contributed by atoms with E-state index in [-0.39, 0.29) is 6.03 Å². The fourth-order valence-corrected chi connectivity index (χ4v) is 2.17. The van der Waals surface area contributed by atoms with Gasteiger partial charge in [0, 0.05) is 31.0 Å². The maximum absolute atomic E-state index is 11.6. The molecule has 0 aromatic heterocycles. The first-order chi connectivity index (χ1) is 8.79. The number of nitrogens with one attached hydrogen (secondary N) is 2. The number of carbonyl (C=O) groups excluding carboxylic acids is 1. The van der Waals surface area contributed by atoms with Gasteiger partial charge in [-0.15, -0.1) is 0 Å². The fourth-order valence-electron chi connectivity index (χ4n) is 2.17. The normalized spacial score (nSPS) is 14.6. The van der Waals surface area contributed by atoms with E-state index in [0.717, 1.165) is 25.2 Å². The molecule has 1 aliphatic rings. The van der Waals surface area contributed by atoms with Crippen molar-refractivity contribution in [3.8, 4) is 0 Å². The first-order valence-corrected chi connectivity index (χ1v) is 6.69. The lowest BCUT2D eigenvalue weighted by Gasteiger charge is -2.18. The molecule has 0 unspecified atom stereocenters. The molecule has 2 rings (SSSR count). The van der Waals surface area contributed by atoms with Gasteiger partial charge >= 0.3 is 6.03 Å². The number of urea groups is 1. The molecule has 1 saturated heterocycles. The van der Waals surface area contributed by atoms with Gasteiger partial charge < -0.3 is 15.5 Å². The molecular formula is C14H21N3O. The number of nitrogens with zero attached hydrogens (tertiary/aromatic N) is 1. The van der Waals surface area contributed by atoms with Gasteiger partial charge in [0.05, 0.1) is 0 Å². The lowest BCUT2D eigenvalue weighted by atomic mass is 10.2. The van der Waals surface area contributed by atoms with Crippen molar-refractivity contribution in [1.82, 2.24) is 5.32 Å². The topological polar surface area (TPSA) is 44.4 Å². The third-order valence-corrected chi connectivity index (χ3v) is 3.11. The van der Waals surface area contributed by atoms with Gasteiger partial charge in [-0.1, -0.05) is 13.0 Å². The SMILES string of the molecule is CCCNC(=O)Nc1cccc(N2CCCC2)c1. The van der Waals surface area contributed by atoms with Gasteiger partial charge in [0.2, 0.25) is 0 Å². The second-order valence-electron chi connectivity index (χ2n) is 4.63. The molecule has 4 heteroatoms. The van der Waals surface area contributed by atoms with Crippen LogP contribution in [-0.2, 0) is 0 Å². The minimum Gasteiger partial charge on any atom is -0.371 e. The molecule has 0 bridgehead atoms. The summed E-state index contributed by atoms with van der Waals surface area (Å²) in [6.45, 7) is 4.98. The second kappa shape index (κ2) is 6.28. The van der Waals surface area contributed by atoms with E-state index >= 15 is 0 Å². The van der Waals surface area contributed by atoms with Crippen LogP contribution in [0.5, 0.6) is 0 Å². The Morgan fingerprint density at radius 3 is 2.83 bits per heavy atom. The van der Waals surface area contributed by atoms with Crippen LogP contribution in [0.4, 0.5) is 16.2 Å². The molecule has 1 aliphatic heterocycles. The molecule has 0 radical (unpaired) electrons. The van der Waals surface area contributed by atoms with Crippen molar-refractivity contribution in [2.75, 3.05) is 29.9 Å². The number of benzene rings is 1. The first kappa shape index (κ1) is 12.7. The van der Waals surface area contributed by atoms with Crippen molar-refractivity contribution in [1.29, 1.82) is 0 Å². The minimum atomic E-state index is -0.129. The van der Waals surface area contributed by atoms with E-state index in [0.29, 0.717) is 6.54 Å².